The van der Waals surface area contributed by atoms with E-state index in [4.69, 9.17) is 0 Å². The molecule has 2 rings (SSSR count). The average Bonchev–Trinajstić information content (AvgIpc) is 2.81. The minimum absolute atomic E-state index is 0.766. The van der Waals surface area contributed by atoms with Gasteiger partial charge in [-0.2, -0.15) is 10.2 Å². The fourth-order valence-corrected chi connectivity index (χ4v) is 1.68. The Balaban J connectivity index is 2.07. The maximum atomic E-state index is 4.38. The quantitative estimate of drug-likeness (QED) is 0.848. The molecular formula is C11H17N5. The number of hydrogen-bond donors (Lipinski definition) is 1. The number of aromatic nitrogens is 4. The Bertz CT molecular complexity index is 468. The number of nitrogens with one attached hydrogen (secondary N) is 1. The molecule has 5 heteroatoms. The van der Waals surface area contributed by atoms with Crippen LogP contribution in [0.3, 0.4) is 0 Å². The van der Waals surface area contributed by atoms with Crippen LogP contribution in [-0.4, -0.2) is 19.6 Å². The summed E-state index contributed by atoms with van der Waals surface area (Å²) in [7, 11) is 1.94. The van der Waals surface area contributed by atoms with E-state index >= 15 is 0 Å². The maximum absolute atomic E-state index is 4.38. The van der Waals surface area contributed by atoms with Crippen LogP contribution in [0.25, 0.3) is 0 Å². The lowest BCUT2D eigenvalue weighted by Gasteiger charge is -2.07. The normalized spacial score (nSPS) is 10.7. The Hall–Kier alpha value is -1.78. The monoisotopic (exact) mass is 219 g/mol. The van der Waals surface area contributed by atoms with E-state index in [2.05, 4.69) is 28.5 Å². The highest BCUT2D eigenvalue weighted by molar-refractivity contribution is 5.37. The zero-order valence-corrected chi connectivity index (χ0v) is 9.94. The number of hydrogen-bond acceptors (Lipinski definition) is 3. The molecule has 2 aromatic heterocycles. The van der Waals surface area contributed by atoms with Crippen molar-refractivity contribution in [1.82, 2.24) is 19.6 Å². The van der Waals surface area contributed by atoms with Crippen molar-refractivity contribution in [3.8, 4) is 0 Å². The van der Waals surface area contributed by atoms with Gasteiger partial charge in [0, 0.05) is 25.9 Å². The van der Waals surface area contributed by atoms with Crippen LogP contribution in [0.2, 0.25) is 0 Å². The van der Waals surface area contributed by atoms with Gasteiger partial charge < -0.3 is 5.32 Å². The molecule has 0 aliphatic heterocycles. The third-order valence-corrected chi connectivity index (χ3v) is 2.57. The van der Waals surface area contributed by atoms with Gasteiger partial charge in [0.15, 0.2) is 0 Å². The van der Waals surface area contributed by atoms with Gasteiger partial charge in [-0.3, -0.25) is 4.68 Å². The van der Waals surface area contributed by atoms with Crippen LogP contribution < -0.4 is 5.32 Å². The highest BCUT2D eigenvalue weighted by Crippen LogP contribution is 2.11. The molecule has 16 heavy (non-hydrogen) atoms. The van der Waals surface area contributed by atoms with Crippen molar-refractivity contribution in [2.45, 2.75) is 26.9 Å². The molecule has 0 aromatic carbocycles. The van der Waals surface area contributed by atoms with E-state index in [1.165, 1.54) is 0 Å². The van der Waals surface area contributed by atoms with E-state index in [1.54, 1.807) is 6.20 Å². The molecule has 2 aromatic rings. The molecule has 0 atom stereocenters. The third-order valence-electron chi connectivity index (χ3n) is 2.57. The van der Waals surface area contributed by atoms with Gasteiger partial charge in [0.1, 0.15) is 5.82 Å². The molecule has 2 heterocycles. The van der Waals surface area contributed by atoms with Gasteiger partial charge >= 0.3 is 0 Å². The van der Waals surface area contributed by atoms with Crippen LogP contribution in [0.15, 0.2) is 18.3 Å². The van der Waals surface area contributed by atoms with Crippen LogP contribution in [0.5, 0.6) is 0 Å². The summed E-state index contributed by atoms with van der Waals surface area (Å²) in [6.45, 7) is 5.73. The van der Waals surface area contributed by atoms with E-state index in [0.717, 1.165) is 30.3 Å². The minimum atomic E-state index is 0.766. The second-order valence-electron chi connectivity index (χ2n) is 3.79. The summed E-state index contributed by atoms with van der Waals surface area (Å²) in [5.41, 5.74) is 2.19. The molecule has 86 valence electrons. The molecule has 0 saturated heterocycles. The Labute approximate surface area is 95.1 Å². The average molecular weight is 219 g/mol. The highest BCUT2D eigenvalue weighted by Gasteiger charge is 2.04. The second kappa shape index (κ2) is 4.38. The first-order valence-corrected chi connectivity index (χ1v) is 5.46. The third kappa shape index (κ3) is 2.08. The molecule has 0 aliphatic carbocycles. The van der Waals surface area contributed by atoms with Crippen LogP contribution in [0.4, 0.5) is 5.82 Å². The summed E-state index contributed by atoms with van der Waals surface area (Å²) in [6.07, 6.45) is 1.80. The van der Waals surface area contributed by atoms with Crippen molar-refractivity contribution < 1.29 is 0 Å². The van der Waals surface area contributed by atoms with Crippen LogP contribution in [0, 0.1) is 6.92 Å². The molecule has 0 unspecified atom stereocenters. The van der Waals surface area contributed by atoms with Crippen molar-refractivity contribution in [1.29, 1.82) is 0 Å². The standard InChI is InChI=1S/C11H17N5/c1-4-16-11(7-9(2)14-16)12-8-10-5-6-13-15(10)3/h5-7,12H,4,8H2,1-3H3. The summed E-state index contributed by atoms with van der Waals surface area (Å²) in [5, 5.41) is 11.9. The zero-order valence-electron chi connectivity index (χ0n) is 9.94. The van der Waals surface area contributed by atoms with Crippen molar-refractivity contribution in [2.75, 3.05) is 5.32 Å². The van der Waals surface area contributed by atoms with Gasteiger partial charge in [0.25, 0.3) is 0 Å². The smallest absolute Gasteiger partial charge is 0.124 e. The second-order valence-corrected chi connectivity index (χ2v) is 3.79. The summed E-state index contributed by atoms with van der Waals surface area (Å²) in [4.78, 5) is 0. The highest BCUT2D eigenvalue weighted by atomic mass is 15.3. The lowest BCUT2D eigenvalue weighted by atomic mass is 10.4. The van der Waals surface area contributed by atoms with Gasteiger partial charge in [0.2, 0.25) is 0 Å². The number of aryl methyl sites for hydroxylation is 3. The van der Waals surface area contributed by atoms with Gasteiger partial charge in [-0.25, -0.2) is 4.68 Å². The molecule has 0 radical (unpaired) electrons. The molecule has 0 amide bonds. The minimum Gasteiger partial charge on any atom is -0.365 e. The summed E-state index contributed by atoms with van der Waals surface area (Å²) in [6, 6.07) is 4.06. The van der Waals surface area contributed by atoms with Gasteiger partial charge in [0.05, 0.1) is 17.9 Å². The Morgan fingerprint density at radius 2 is 2.25 bits per heavy atom. The van der Waals surface area contributed by atoms with Crippen molar-refractivity contribution >= 4 is 5.82 Å². The first-order valence-electron chi connectivity index (χ1n) is 5.46. The number of rotatable bonds is 4. The van der Waals surface area contributed by atoms with E-state index < -0.39 is 0 Å². The van der Waals surface area contributed by atoms with Crippen LogP contribution in [-0.2, 0) is 20.1 Å². The lowest BCUT2D eigenvalue weighted by molar-refractivity contribution is 0.654. The fraction of sp³-hybridized carbons (Fsp3) is 0.455. The Morgan fingerprint density at radius 1 is 1.44 bits per heavy atom. The van der Waals surface area contributed by atoms with Crippen LogP contribution in [0.1, 0.15) is 18.3 Å². The molecule has 0 saturated carbocycles. The maximum Gasteiger partial charge on any atom is 0.124 e. The first kappa shape index (κ1) is 10.7. The summed E-state index contributed by atoms with van der Waals surface area (Å²) >= 11 is 0. The van der Waals surface area contributed by atoms with E-state index in [-0.39, 0.29) is 0 Å². The van der Waals surface area contributed by atoms with Crippen molar-refractivity contribution in [2.24, 2.45) is 7.05 Å². The molecular weight excluding hydrogens is 202 g/mol. The molecule has 0 spiro atoms. The SMILES string of the molecule is CCn1nc(C)cc1NCc1ccnn1C. The van der Waals surface area contributed by atoms with Crippen molar-refractivity contribution in [3.05, 3.63) is 29.7 Å². The fourth-order valence-electron chi connectivity index (χ4n) is 1.68. The topological polar surface area (TPSA) is 47.7 Å². The van der Waals surface area contributed by atoms with E-state index in [1.807, 2.05) is 29.4 Å². The Morgan fingerprint density at radius 3 is 2.88 bits per heavy atom. The largest absolute Gasteiger partial charge is 0.365 e. The van der Waals surface area contributed by atoms with Gasteiger partial charge in [-0.15, -0.1) is 0 Å². The van der Waals surface area contributed by atoms with E-state index in [9.17, 15) is 0 Å². The molecule has 0 fully saturated rings. The van der Waals surface area contributed by atoms with Gasteiger partial charge in [-0.1, -0.05) is 0 Å². The molecule has 0 bridgehead atoms. The van der Waals surface area contributed by atoms with Crippen LogP contribution >= 0.6 is 0 Å². The summed E-state index contributed by atoms with van der Waals surface area (Å²) < 4.78 is 3.83. The van der Waals surface area contributed by atoms with E-state index in [0.29, 0.717) is 0 Å². The summed E-state index contributed by atoms with van der Waals surface area (Å²) in [5.74, 6) is 1.06. The molecule has 1 N–H and O–H groups in total. The molecule has 5 nitrogen and oxygen atoms in total. The predicted molar refractivity (Wildman–Crippen MR) is 63.2 cm³/mol. The molecule has 0 aliphatic rings. The lowest BCUT2D eigenvalue weighted by Crippen LogP contribution is -2.09. The number of anilines is 1. The van der Waals surface area contributed by atoms with Crippen molar-refractivity contribution in [3.63, 3.8) is 0 Å². The van der Waals surface area contributed by atoms with Gasteiger partial charge in [-0.05, 0) is 19.9 Å². The number of nitrogens with zero attached hydrogens (tertiary/aromatic N) is 4. The predicted octanol–water partition coefficient (Wildman–Crippen LogP) is 1.56. The zero-order chi connectivity index (χ0) is 11.5. The Kier molecular flexibility index (Phi) is 2.94. The first-order chi connectivity index (χ1) is 7.70.